The molecule has 0 aromatic carbocycles. The Morgan fingerprint density at radius 1 is 1.17 bits per heavy atom. The van der Waals surface area contributed by atoms with E-state index in [-0.39, 0.29) is 28.9 Å². The van der Waals surface area contributed by atoms with E-state index in [4.69, 9.17) is 37.3 Å². The van der Waals surface area contributed by atoms with Crippen LogP contribution in [0.15, 0.2) is 18.6 Å². The van der Waals surface area contributed by atoms with Gasteiger partial charge in [-0.05, 0) is 37.3 Å². The molecule has 248 valence electrons. The number of aryl methyl sites for hydroxylation is 1. The molecule has 3 aliphatic rings. The van der Waals surface area contributed by atoms with Gasteiger partial charge in [0, 0.05) is 50.8 Å². The van der Waals surface area contributed by atoms with E-state index in [1.807, 2.05) is 4.90 Å². The molecule has 0 unspecified atom stereocenters. The highest BCUT2D eigenvalue weighted by Gasteiger charge is 2.49. The van der Waals surface area contributed by atoms with Crippen molar-refractivity contribution in [3.63, 3.8) is 0 Å². The molecule has 4 atom stereocenters. The summed E-state index contributed by atoms with van der Waals surface area (Å²) in [6, 6.07) is 0. The number of unbranched alkanes of at least 4 members (excludes halogenated alkanes) is 2. The first-order valence-electron chi connectivity index (χ1n) is 15.0. The van der Waals surface area contributed by atoms with Crippen LogP contribution >= 0.6 is 19.2 Å². The van der Waals surface area contributed by atoms with Crippen molar-refractivity contribution in [3.05, 3.63) is 29.4 Å². The number of aromatic nitrogens is 6. The molecule has 1 amide bonds. The summed E-state index contributed by atoms with van der Waals surface area (Å²) < 4.78 is 25.0. The van der Waals surface area contributed by atoms with Crippen molar-refractivity contribution in [2.24, 2.45) is 5.41 Å². The lowest BCUT2D eigenvalue weighted by molar-refractivity contribution is -0.0658. The smallest absolute Gasteiger partial charge is 0.350 e. The zero-order chi connectivity index (χ0) is 32.6. The summed E-state index contributed by atoms with van der Waals surface area (Å²) in [6.45, 7) is 2.90. The number of carbonyl (C=O) groups excluding carboxylic acids is 1. The second-order valence-corrected chi connectivity index (χ2v) is 14.1. The SMILES string of the molecule is C#CCCCCn1cc(C(=O)N2CCCC3(C2)CN(c2nc(Cl)nc4c2cnn4[C@@H]2O[C@H](COCP(=O)(O)O)[C@@H](O)[C@H]2O)C3)cn1. The molecule has 3 fully saturated rings. The number of aliphatic hydroxyl groups is 2. The molecular weight excluding hydrogens is 643 g/mol. The highest BCUT2D eigenvalue weighted by atomic mass is 35.5. The maximum atomic E-state index is 13.4. The van der Waals surface area contributed by atoms with Gasteiger partial charge < -0.3 is 39.3 Å². The molecule has 3 aromatic rings. The summed E-state index contributed by atoms with van der Waals surface area (Å²) in [5.74, 6) is 3.15. The molecule has 3 saturated heterocycles. The monoisotopic (exact) mass is 678 g/mol. The van der Waals surface area contributed by atoms with Crippen LogP contribution in [0.25, 0.3) is 11.0 Å². The summed E-state index contributed by atoms with van der Waals surface area (Å²) in [5.41, 5.74) is 0.730. The first-order chi connectivity index (χ1) is 22.0. The molecule has 18 heteroatoms. The van der Waals surface area contributed by atoms with Gasteiger partial charge in [0.05, 0.1) is 30.0 Å². The number of anilines is 1. The lowest BCUT2D eigenvalue weighted by atomic mass is 9.73. The van der Waals surface area contributed by atoms with Crippen LogP contribution in [0.2, 0.25) is 5.28 Å². The number of amides is 1. The van der Waals surface area contributed by atoms with Crippen molar-refractivity contribution < 1.29 is 38.8 Å². The van der Waals surface area contributed by atoms with Gasteiger partial charge in [0.15, 0.2) is 11.9 Å². The number of carbonyl (C=O) groups is 1. The van der Waals surface area contributed by atoms with Crippen molar-refractivity contribution in [1.82, 2.24) is 34.4 Å². The van der Waals surface area contributed by atoms with Gasteiger partial charge in [-0.2, -0.15) is 20.2 Å². The second kappa shape index (κ2) is 13.2. The fourth-order valence-corrected chi connectivity index (χ4v) is 7.00. The van der Waals surface area contributed by atoms with Crippen LogP contribution in [-0.2, 0) is 20.6 Å². The van der Waals surface area contributed by atoms with Gasteiger partial charge in [0.25, 0.3) is 5.91 Å². The Balaban J connectivity index is 1.12. The van der Waals surface area contributed by atoms with E-state index in [1.165, 1.54) is 10.9 Å². The standard InChI is InChI=1S/C28H36ClN8O8P/c1-2-3-4-5-9-36-12-18(10-30-36)25(40)34-8-6-7-28(14-34)15-35(16-28)23-19-11-31-37(24(19)33-27(29)32-23)26-22(39)21(38)20(45-26)13-44-17-46(41,42)43/h1,10-12,20-22,26,38-39H,3-9,13-17H2,(H2,41,42,43)/t20-,21-,22-,26-/m1/s1. The number of rotatable bonds is 11. The van der Waals surface area contributed by atoms with Gasteiger partial charge in [-0.1, -0.05) is 0 Å². The zero-order valence-corrected chi connectivity index (χ0v) is 26.6. The van der Waals surface area contributed by atoms with Gasteiger partial charge in [-0.15, -0.1) is 12.3 Å². The maximum absolute atomic E-state index is 13.4. The molecule has 0 saturated carbocycles. The molecule has 46 heavy (non-hydrogen) atoms. The summed E-state index contributed by atoms with van der Waals surface area (Å²) in [4.78, 5) is 44.2. The molecule has 1 spiro atoms. The van der Waals surface area contributed by atoms with Crippen LogP contribution < -0.4 is 4.90 Å². The summed E-state index contributed by atoms with van der Waals surface area (Å²) >= 11 is 6.34. The molecule has 3 aliphatic heterocycles. The average molecular weight is 679 g/mol. The zero-order valence-electron chi connectivity index (χ0n) is 24.9. The number of piperidine rings is 1. The van der Waals surface area contributed by atoms with Gasteiger partial charge in [0.1, 0.15) is 30.5 Å². The Kier molecular flexibility index (Phi) is 9.39. The van der Waals surface area contributed by atoms with Gasteiger partial charge in [-0.3, -0.25) is 14.0 Å². The molecule has 0 radical (unpaired) electrons. The Hall–Kier alpha value is -3.13. The van der Waals surface area contributed by atoms with Crippen LogP contribution in [0.5, 0.6) is 0 Å². The molecule has 0 aliphatic carbocycles. The fraction of sp³-hybridized carbons (Fsp3) is 0.607. The molecule has 6 rings (SSSR count). The molecule has 4 N–H and O–H groups in total. The lowest BCUT2D eigenvalue weighted by Crippen LogP contribution is -2.64. The largest absolute Gasteiger partial charge is 0.387 e. The molecule has 0 bridgehead atoms. The third-order valence-electron chi connectivity index (χ3n) is 8.67. The van der Waals surface area contributed by atoms with Crippen molar-refractivity contribution >= 4 is 42.0 Å². The minimum absolute atomic E-state index is 0.0381. The van der Waals surface area contributed by atoms with Crippen LogP contribution in [0.4, 0.5) is 5.82 Å². The third-order valence-corrected chi connectivity index (χ3v) is 9.35. The Morgan fingerprint density at radius 3 is 2.74 bits per heavy atom. The second-order valence-electron chi connectivity index (χ2n) is 12.2. The van der Waals surface area contributed by atoms with Gasteiger partial charge in [0.2, 0.25) is 5.28 Å². The lowest BCUT2D eigenvalue weighted by Gasteiger charge is -2.55. The van der Waals surface area contributed by atoms with E-state index >= 15 is 0 Å². The van der Waals surface area contributed by atoms with Crippen LogP contribution in [0.3, 0.4) is 0 Å². The number of fused-ring (bicyclic) bond motifs is 1. The number of hydrogen-bond donors (Lipinski definition) is 4. The minimum atomic E-state index is -4.41. The number of terminal acetylenes is 1. The normalized spacial score (nSPS) is 24.4. The van der Waals surface area contributed by atoms with E-state index in [9.17, 15) is 19.6 Å². The minimum Gasteiger partial charge on any atom is -0.387 e. The van der Waals surface area contributed by atoms with Gasteiger partial charge in [-0.25, -0.2) is 4.68 Å². The highest BCUT2D eigenvalue weighted by molar-refractivity contribution is 7.51. The number of hydrogen-bond acceptors (Lipinski definition) is 11. The van der Waals surface area contributed by atoms with Crippen LogP contribution in [0.1, 0.15) is 48.7 Å². The fourth-order valence-electron chi connectivity index (χ4n) is 6.50. The first-order valence-corrected chi connectivity index (χ1v) is 17.2. The Labute approximate surface area is 269 Å². The van der Waals surface area contributed by atoms with Crippen molar-refractivity contribution in [3.8, 4) is 12.3 Å². The summed E-state index contributed by atoms with van der Waals surface area (Å²) in [7, 11) is -4.41. The Bertz CT molecular complexity index is 1670. The third kappa shape index (κ3) is 6.78. The number of halogens is 1. The van der Waals surface area contributed by atoms with Crippen molar-refractivity contribution in [2.75, 3.05) is 44.0 Å². The van der Waals surface area contributed by atoms with Gasteiger partial charge >= 0.3 is 7.60 Å². The van der Waals surface area contributed by atoms with E-state index in [0.29, 0.717) is 49.5 Å². The quantitative estimate of drug-likeness (QED) is 0.0969. The molecule has 6 heterocycles. The van der Waals surface area contributed by atoms with E-state index in [2.05, 4.69) is 31.0 Å². The topological polar surface area (TPSA) is 201 Å². The number of nitrogens with zero attached hydrogens (tertiary/aromatic N) is 8. The Morgan fingerprint density at radius 2 is 1.98 bits per heavy atom. The van der Waals surface area contributed by atoms with Crippen LogP contribution in [0, 0.1) is 17.8 Å². The van der Waals surface area contributed by atoms with E-state index in [1.54, 1.807) is 17.1 Å². The predicted molar refractivity (Wildman–Crippen MR) is 164 cm³/mol. The molecular formula is C28H36ClN8O8P. The van der Waals surface area contributed by atoms with Crippen LogP contribution in [-0.4, -0.2) is 118 Å². The van der Waals surface area contributed by atoms with Crippen molar-refractivity contribution in [1.29, 1.82) is 0 Å². The summed E-state index contributed by atoms with van der Waals surface area (Å²) in [6.07, 6.45) is 8.72. The average Bonchev–Trinajstić information content (AvgIpc) is 3.71. The molecule has 3 aromatic heterocycles. The first kappa shape index (κ1) is 32.8. The maximum Gasteiger partial charge on any atom is 0.350 e. The number of likely N-dealkylation sites (tertiary alicyclic amines) is 1. The number of aliphatic hydroxyl groups excluding tert-OH is 2. The molecule has 16 nitrogen and oxygen atoms in total. The highest BCUT2D eigenvalue weighted by Crippen LogP contribution is 2.43. The number of ether oxygens (including phenoxy) is 2. The van der Waals surface area contributed by atoms with E-state index < -0.39 is 38.5 Å². The van der Waals surface area contributed by atoms with E-state index in [0.717, 1.165) is 32.1 Å². The summed E-state index contributed by atoms with van der Waals surface area (Å²) in [5, 5.41) is 30.5. The van der Waals surface area contributed by atoms with Crippen molar-refractivity contribution in [2.45, 2.75) is 63.2 Å². The predicted octanol–water partition coefficient (Wildman–Crippen LogP) is 0.993.